The van der Waals surface area contributed by atoms with Gasteiger partial charge in [0, 0.05) is 6.54 Å². The summed E-state index contributed by atoms with van der Waals surface area (Å²) in [7, 11) is 0. The minimum atomic E-state index is -1.46. The predicted octanol–water partition coefficient (Wildman–Crippen LogP) is 8.27. The maximum Gasteiger partial charge on any atom is 0.411 e. The molecule has 0 aliphatic carbocycles. The van der Waals surface area contributed by atoms with E-state index < -0.39 is 49.2 Å². The first-order valence-corrected chi connectivity index (χ1v) is 21.5. The van der Waals surface area contributed by atoms with Crippen molar-refractivity contribution >= 4 is 12.0 Å². The van der Waals surface area contributed by atoms with E-state index >= 15 is 0 Å². The first-order valence-electron chi connectivity index (χ1n) is 21.5. The van der Waals surface area contributed by atoms with Crippen LogP contribution in [0.3, 0.4) is 0 Å². The number of hydrogen-bond donors (Lipinski definition) is 5. The molecule has 0 saturated carbocycles. The summed E-state index contributed by atoms with van der Waals surface area (Å²) in [5, 5.41) is 33.9. The Balaban J connectivity index is 2.49. The van der Waals surface area contributed by atoms with Crippen molar-refractivity contribution in [2.45, 2.75) is 224 Å². The molecular weight excluding hydrogens is 646 g/mol. The van der Waals surface area contributed by atoms with Crippen LogP contribution in [0.15, 0.2) is 0 Å². The summed E-state index contributed by atoms with van der Waals surface area (Å²) in [5.41, 5.74) is 5.52. The highest BCUT2D eigenvalue weighted by molar-refractivity contribution is 5.78. The van der Waals surface area contributed by atoms with Crippen LogP contribution in [0.4, 0.5) is 4.79 Å². The van der Waals surface area contributed by atoms with Crippen LogP contribution in [0.5, 0.6) is 0 Å². The fourth-order valence-electron chi connectivity index (χ4n) is 7.10. The minimum absolute atomic E-state index is 0.271. The van der Waals surface area contributed by atoms with Gasteiger partial charge >= 0.3 is 6.09 Å². The Labute approximate surface area is 312 Å². The molecule has 2 amide bonds. The van der Waals surface area contributed by atoms with Crippen LogP contribution in [-0.2, 0) is 14.3 Å². The highest BCUT2D eigenvalue weighted by atomic mass is 16.6. The monoisotopic (exact) mass is 728 g/mol. The van der Waals surface area contributed by atoms with Crippen LogP contribution >= 0.6 is 0 Å². The third kappa shape index (κ3) is 23.0. The average Bonchev–Trinajstić information content (AvgIpc) is 3.13. The van der Waals surface area contributed by atoms with Gasteiger partial charge < -0.3 is 35.8 Å². The number of carbonyl (C=O) groups excluding carboxylic acids is 2. The average molecular weight is 728 g/mol. The van der Waals surface area contributed by atoms with E-state index in [-0.39, 0.29) is 13.2 Å². The number of nitrogens with two attached hydrogens (primary N) is 1. The van der Waals surface area contributed by atoms with Crippen LogP contribution in [0.2, 0.25) is 0 Å². The van der Waals surface area contributed by atoms with E-state index in [0.29, 0.717) is 13.0 Å². The Kier molecular flexibility index (Phi) is 30.9. The normalized spacial score (nSPS) is 20.4. The fourth-order valence-corrected chi connectivity index (χ4v) is 7.10. The second-order valence-electron chi connectivity index (χ2n) is 15.0. The molecule has 10 heteroatoms. The van der Waals surface area contributed by atoms with Crippen LogP contribution in [0.1, 0.15) is 194 Å². The Morgan fingerprint density at radius 1 is 0.627 bits per heavy atom. The summed E-state index contributed by atoms with van der Waals surface area (Å²) in [6, 6.07) is -1.13. The van der Waals surface area contributed by atoms with Gasteiger partial charge in [0.1, 0.15) is 24.4 Å². The molecule has 5 atom stereocenters. The third-order valence-electron chi connectivity index (χ3n) is 10.4. The van der Waals surface area contributed by atoms with Crippen molar-refractivity contribution in [1.82, 2.24) is 10.2 Å². The SMILES string of the molecule is CCCCCCCCCCCCCCCCCCOC(=O)N(CCCCCCCCCCCCCC)[C@@H]1O[C@H](CO)[C@@H](O)[C@H](O)[C@H]1NC(=O)CN. The molecule has 1 rings (SSSR count). The highest BCUT2D eigenvalue weighted by Gasteiger charge is 2.48. The number of carbonyl (C=O) groups is 2. The van der Waals surface area contributed by atoms with Crippen molar-refractivity contribution in [2.24, 2.45) is 5.73 Å². The van der Waals surface area contributed by atoms with Crippen LogP contribution in [-0.4, -0.2) is 89.1 Å². The molecular formula is C41H81N3O7. The maximum atomic E-state index is 13.5. The number of unbranched alkanes of at least 4 members (excludes halogenated alkanes) is 26. The van der Waals surface area contributed by atoms with E-state index in [1.807, 2.05) is 0 Å². The predicted molar refractivity (Wildman–Crippen MR) is 207 cm³/mol. The topological polar surface area (TPSA) is 155 Å². The molecule has 0 spiro atoms. The molecule has 1 saturated heterocycles. The Morgan fingerprint density at radius 3 is 1.41 bits per heavy atom. The van der Waals surface area contributed by atoms with E-state index in [4.69, 9.17) is 15.2 Å². The van der Waals surface area contributed by atoms with Crippen LogP contribution < -0.4 is 11.1 Å². The third-order valence-corrected chi connectivity index (χ3v) is 10.4. The number of hydrogen-bond acceptors (Lipinski definition) is 8. The molecule has 6 N–H and O–H groups in total. The number of aliphatic hydroxyl groups is 3. The number of ether oxygens (including phenoxy) is 2. The maximum absolute atomic E-state index is 13.5. The lowest BCUT2D eigenvalue weighted by molar-refractivity contribution is -0.226. The summed E-state index contributed by atoms with van der Waals surface area (Å²) in [5.74, 6) is -0.547. The van der Waals surface area contributed by atoms with Crippen molar-refractivity contribution in [1.29, 1.82) is 0 Å². The van der Waals surface area contributed by atoms with Gasteiger partial charge in [-0.3, -0.25) is 9.69 Å². The lowest BCUT2D eigenvalue weighted by Crippen LogP contribution is -2.69. The quantitative estimate of drug-likeness (QED) is 0.0415. The van der Waals surface area contributed by atoms with E-state index in [1.165, 1.54) is 140 Å². The van der Waals surface area contributed by atoms with Gasteiger partial charge in [-0.25, -0.2) is 4.79 Å². The van der Waals surface area contributed by atoms with Crippen molar-refractivity contribution < 1.29 is 34.4 Å². The van der Waals surface area contributed by atoms with Crippen molar-refractivity contribution in [3.05, 3.63) is 0 Å². The smallest absolute Gasteiger partial charge is 0.411 e. The van der Waals surface area contributed by atoms with Crippen molar-refractivity contribution in [2.75, 3.05) is 26.3 Å². The number of nitrogens with one attached hydrogen (secondary N) is 1. The molecule has 0 aromatic rings. The zero-order valence-electron chi connectivity index (χ0n) is 33.0. The lowest BCUT2D eigenvalue weighted by Gasteiger charge is -2.46. The lowest BCUT2D eigenvalue weighted by atomic mass is 9.95. The van der Waals surface area contributed by atoms with E-state index in [9.17, 15) is 24.9 Å². The van der Waals surface area contributed by atoms with E-state index in [0.717, 1.165) is 38.5 Å². The second-order valence-corrected chi connectivity index (χ2v) is 15.0. The van der Waals surface area contributed by atoms with E-state index in [2.05, 4.69) is 19.2 Å². The molecule has 1 aliphatic heterocycles. The molecule has 0 bridgehead atoms. The summed E-state index contributed by atoms with van der Waals surface area (Å²) < 4.78 is 11.7. The molecule has 1 heterocycles. The van der Waals surface area contributed by atoms with Crippen LogP contribution in [0.25, 0.3) is 0 Å². The number of aliphatic hydroxyl groups excluding tert-OH is 3. The summed E-state index contributed by atoms with van der Waals surface area (Å²) in [6.07, 6.45) is 28.7. The minimum Gasteiger partial charge on any atom is -0.449 e. The molecule has 302 valence electrons. The first-order chi connectivity index (χ1) is 24.9. The Bertz CT molecular complexity index is 820. The summed E-state index contributed by atoms with van der Waals surface area (Å²) in [4.78, 5) is 27.2. The standard InChI is InChI=1S/C41H81N3O7/c1-3-5-7-9-11-13-15-17-18-19-20-22-24-26-28-30-32-50-41(49)44(31-29-27-25-23-21-16-14-12-10-8-6-4-2)40-37(43-36(46)33-42)39(48)38(47)35(34-45)51-40/h35,37-40,45,47-48H,3-34,42H2,1-2H3,(H,43,46)/t35-,37-,38-,39-,40-/m1/s1. The Hall–Kier alpha value is -1.46. The van der Waals surface area contributed by atoms with Gasteiger partial charge in [0.2, 0.25) is 5.91 Å². The summed E-state index contributed by atoms with van der Waals surface area (Å²) >= 11 is 0. The summed E-state index contributed by atoms with van der Waals surface area (Å²) in [6.45, 7) is 4.21. The molecule has 51 heavy (non-hydrogen) atoms. The van der Waals surface area contributed by atoms with Gasteiger partial charge in [-0.05, 0) is 12.8 Å². The zero-order chi connectivity index (χ0) is 37.4. The van der Waals surface area contributed by atoms with Gasteiger partial charge in [-0.1, -0.05) is 181 Å². The van der Waals surface area contributed by atoms with Gasteiger partial charge in [0.15, 0.2) is 6.23 Å². The molecule has 0 aromatic carbocycles. The van der Waals surface area contributed by atoms with Crippen molar-refractivity contribution in [3.63, 3.8) is 0 Å². The molecule has 0 aromatic heterocycles. The zero-order valence-corrected chi connectivity index (χ0v) is 33.0. The molecule has 1 aliphatic rings. The molecule has 0 radical (unpaired) electrons. The van der Waals surface area contributed by atoms with Crippen molar-refractivity contribution in [3.8, 4) is 0 Å². The van der Waals surface area contributed by atoms with Crippen LogP contribution in [0, 0.1) is 0 Å². The molecule has 10 nitrogen and oxygen atoms in total. The van der Waals surface area contributed by atoms with Gasteiger partial charge in [-0.2, -0.15) is 0 Å². The number of amides is 2. The fraction of sp³-hybridized carbons (Fsp3) is 0.951. The molecule has 0 unspecified atom stereocenters. The molecule has 1 fully saturated rings. The number of nitrogens with zero attached hydrogens (tertiary/aromatic N) is 1. The highest BCUT2D eigenvalue weighted by Crippen LogP contribution is 2.25. The first kappa shape index (κ1) is 47.6. The van der Waals surface area contributed by atoms with Gasteiger partial charge in [-0.15, -0.1) is 0 Å². The van der Waals surface area contributed by atoms with Gasteiger partial charge in [0.05, 0.1) is 19.8 Å². The number of rotatable bonds is 34. The second kappa shape index (κ2) is 33.1. The van der Waals surface area contributed by atoms with Gasteiger partial charge in [0.25, 0.3) is 0 Å². The Morgan fingerprint density at radius 2 is 1.02 bits per heavy atom. The largest absolute Gasteiger partial charge is 0.449 e. The van der Waals surface area contributed by atoms with E-state index in [1.54, 1.807) is 0 Å².